The van der Waals surface area contributed by atoms with E-state index < -0.39 is 5.91 Å². The van der Waals surface area contributed by atoms with Crippen molar-refractivity contribution in [1.82, 2.24) is 24.7 Å². The molecule has 1 aliphatic rings. The van der Waals surface area contributed by atoms with Gasteiger partial charge in [-0.3, -0.25) is 14.5 Å². The molecule has 180 valence electrons. The molecule has 8 heteroatoms. The first-order chi connectivity index (χ1) is 17.4. The topological polar surface area (TPSA) is 102 Å². The molecule has 0 radical (unpaired) electrons. The number of H-pyrrole nitrogens is 1. The van der Waals surface area contributed by atoms with E-state index in [0.29, 0.717) is 24.4 Å². The van der Waals surface area contributed by atoms with E-state index in [2.05, 4.69) is 9.97 Å². The molecule has 3 N–H and O–H groups in total. The van der Waals surface area contributed by atoms with Gasteiger partial charge in [0.1, 0.15) is 17.3 Å². The number of aromatic nitrogens is 5. The fourth-order valence-electron chi connectivity index (χ4n) is 4.66. The van der Waals surface area contributed by atoms with Crippen LogP contribution in [0.25, 0.3) is 33.5 Å². The SMILES string of the molecule is Cc1cc(F)cc(CCc2nc(-c3ccnc4ccc(C(N)=O)cc34)c(-c3ccn(C4CC4)n3)[nH]2)c1. The highest BCUT2D eigenvalue weighted by Crippen LogP contribution is 2.37. The number of primary amides is 1. The molecule has 0 bridgehead atoms. The van der Waals surface area contributed by atoms with Crippen molar-refractivity contribution in [2.24, 2.45) is 5.73 Å². The second-order valence-electron chi connectivity index (χ2n) is 9.41. The summed E-state index contributed by atoms with van der Waals surface area (Å²) in [6, 6.07) is 14.7. The van der Waals surface area contributed by atoms with Gasteiger partial charge in [-0.15, -0.1) is 0 Å². The number of aryl methyl sites for hydroxylation is 3. The zero-order valence-corrected chi connectivity index (χ0v) is 19.8. The van der Waals surface area contributed by atoms with Crippen LogP contribution in [0.3, 0.4) is 0 Å². The molecular formula is C28H25FN6O. The molecule has 0 unspecified atom stereocenters. The summed E-state index contributed by atoms with van der Waals surface area (Å²) in [5.74, 6) is 0.0482. The van der Waals surface area contributed by atoms with Gasteiger partial charge in [0.25, 0.3) is 0 Å². The van der Waals surface area contributed by atoms with Crippen LogP contribution >= 0.6 is 0 Å². The maximum Gasteiger partial charge on any atom is 0.248 e. The molecule has 0 atom stereocenters. The Morgan fingerprint density at radius 3 is 2.78 bits per heavy atom. The number of fused-ring (bicyclic) bond motifs is 1. The standard InChI is InChI=1S/C28H25FN6O/c1-16-12-17(14-19(29)13-16)2-7-25-32-26(27(33-25)24-9-11-35(34-24)20-4-5-20)21-8-10-31-23-6-3-18(28(30)36)15-22(21)23/h3,6,8-15,20H,2,4-5,7H2,1H3,(H2,30,36)(H,32,33). The molecule has 1 saturated carbocycles. The van der Waals surface area contributed by atoms with E-state index in [1.54, 1.807) is 30.5 Å². The van der Waals surface area contributed by atoms with Crippen LogP contribution in [0.4, 0.5) is 4.39 Å². The number of amides is 1. The first kappa shape index (κ1) is 22.2. The van der Waals surface area contributed by atoms with Crippen molar-refractivity contribution in [2.45, 2.75) is 38.6 Å². The summed E-state index contributed by atoms with van der Waals surface area (Å²) in [5.41, 5.74) is 11.7. The first-order valence-electron chi connectivity index (χ1n) is 12.0. The zero-order chi connectivity index (χ0) is 24.8. The summed E-state index contributed by atoms with van der Waals surface area (Å²) in [6.45, 7) is 1.89. The van der Waals surface area contributed by atoms with E-state index in [1.165, 1.54) is 6.07 Å². The smallest absolute Gasteiger partial charge is 0.248 e. The molecule has 1 aliphatic carbocycles. The van der Waals surface area contributed by atoms with Crippen LogP contribution in [0, 0.1) is 12.7 Å². The fourth-order valence-corrected chi connectivity index (χ4v) is 4.66. The molecule has 3 heterocycles. The molecule has 0 aliphatic heterocycles. The second kappa shape index (κ2) is 8.71. The lowest BCUT2D eigenvalue weighted by Crippen LogP contribution is -2.10. The van der Waals surface area contributed by atoms with Gasteiger partial charge in [0.05, 0.1) is 22.9 Å². The highest BCUT2D eigenvalue weighted by atomic mass is 19.1. The van der Waals surface area contributed by atoms with Gasteiger partial charge in [0, 0.05) is 35.3 Å². The Morgan fingerprint density at radius 1 is 1.14 bits per heavy atom. The summed E-state index contributed by atoms with van der Waals surface area (Å²) < 4.78 is 15.9. The van der Waals surface area contributed by atoms with Gasteiger partial charge in [0.15, 0.2) is 0 Å². The molecular weight excluding hydrogens is 455 g/mol. The Morgan fingerprint density at radius 2 is 2.00 bits per heavy atom. The van der Waals surface area contributed by atoms with Gasteiger partial charge in [0.2, 0.25) is 5.91 Å². The third kappa shape index (κ3) is 4.26. The van der Waals surface area contributed by atoms with Crippen LogP contribution in [-0.2, 0) is 12.8 Å². The van der Waals surface area contributed by atoms with Crippen LogP contribution < -0.4 is 5.73 Å². The number of halogens is 1. The van der Waals surface area contributed by atoms with Crippen molar-refractivity contribution in [1.29, 1.82) is 0 Å². The number of nitrogens with one attached hydrogen (secondary N) is 1. The quantitative estimate of drug-likeness (QED) is 0.336. The number of imidazole rings is 1. The molecule has 36 heavy (non-hydrogen) atoms. The number of nitrogens with two attached hydrogens (primary N) is 1. The minimum atomic E-state index is -0.497. The van der Waals surface area contributed by atoms with E-state index in [1.807, 2.05) is 36.0 Å². The molecule has 1 amide bonds. The van der Waals surface area contributed by atoms with E-state index in [4.69, 9.17) is 15.8 Å². The van der Waals surface area contributed by atoms with E-state index >= 15 is 0 Å². The normalized spacial score (nSPS) is 13.4. The van der Waals surface area contributed by atoms with Crippen LogP contribution in [0.5, 0.6) is 0 Å². The van der Waals surface area contributed by atoms with Crippen molar-refractivity contribution in [3.63, 3.8) is 0 Å². The maximum absolute atomic E-state index is 13.9. The monoisotopic (exact) mass is 480 g/mol. The first-order valence-corrected chi connectivity index (χ1v) is 12.0. The molecule has 0 spiro atoms. The predicted molar refractivity (Wildman–Crippen MR) is 136 cm³/mol. The number of aromatic amines is 1. The Bertz CT molecular complexity index is 1590. The molecule has 7 nitrogen and oxygen atoms in total. The average Bonchev–Trinajstić information content (AvgIpc) is 3.43. The van der Waals surface area contributed by atoms with Crippen LogP contribution in [0.1, 0.15) is 46.2 Å². The molecule has 0 saturated heterocycles. The minimum absolute atomic E-state index is 0.232. The van der Waals surface area contributed by atoms with Crippen molar-refractivity contribution < 1.29 is 9.18 Å². The Kier molecular flexibility index (Phi) is 5.36. The van der Waals surface area contributed by atoms with E-state index in [9.17, 15) is 9.18 Å². The highest BCUT2D eigenvalue weighted by molar-refractivity contribution is 6.02. The number of carbonyl (C=O) groups is 1. The average molecular weight is 481 g/mol. The number of hydrogen-bond donors (Lipinski definition) is 2. The van der Waals surface area contributed by atoms with Crippen LogP contribution in [-0.4, -0.2) is 30.6 Å². The third-order valence-electron chi connectivity index (χ3n) is 6.57. The Labute approximate surface area is 207 Å². The maximum atomic E-state index is 13.9. The molecule has 2 aromatic carbocycles. The summed E-state index contributed by atoms with van der Waals surface area (Å²) in [4.78, 5) is 24.8. The fraction of sp³-hybridized carbons (Fsp3) is 0.214. The van der Waals surface area contributed by atoms with Gasteiger partial charge in [-0.1, -0.05) is 6.07 Å². The largest absolute Gasteiger partial charge is 0.366 e. The lowest BCUT2D eigenvalue weighted by molar-refractivity contribution is 0.100. The number of benzene rings is 2. The summed E-state index contributed by atoms with van der Waals surface area (Å²) in [5, 5.41) is 5.60. The van der Waals surface area contributed by atoms with Gasteiger partial charge in [-0.05, 0) is 79.8 Å². The van der Waals surface area contributed by atoms with Crippen molar-refractivity contribution in [2.75, 3.05) is 0 Å². The van der Waals surface area contributed by atoms with Gasteiger partial charge in [-0.2, -0.15) is 5.10 Å². The van der Waals surface area contributed by atoms with Crippen LogP contribution in [0.2, 0.25) is 0 Å². The summed E-state index contributed by atoms with van der Waals surface area (Å²) in [6.07, 6.45) is 7.26. The summed E-state index contributed by atoms with van der Waals surface area (Å²) >= 11 is 0. The number of rotatable bonds is 7. The van der Waals surface area contributed by atoms with Crippen molar-refractivity contribution in [3.8, 4) is 22.6 Å². The Hall–Kier alpha value is -4.33. The third-order valence-corrected chi connectivity index (χ3v) is 6.57. The Balaban J connectivity index is 1.44. The lowest BCUT2D eigenvalue weighted by Gasteiger charge is -2.07. The number of pyridine rings is 1. The summed E-state index contributed by atoms with van der Waals surface area (Å²) in [7, 11) is 0. The second-order valence-corrected chi connectivity index (χ2v) is 9.41. The van der Waals surface area contributed by atoms with Crippen LogP contribution in [0.15, 0.2) is 60.9 Å². The number of hydrogen-bond acceptors (Lipinski definition) is 4. The molecule has 6 rings (SSSR count). The predicted octanol–water partition coefficient (Wildman–Crippen LogP) is 5.15. The minimum Gasteiger partial charge on any atom is -0.366 e. The van der Waals surface area contributed by atoms with Gasteiger partial charge < -0.3 is 10.7 Å². The van der Waals surface area contributed by atoms with Gasteiger partial charge in [-0.25, -0.2) is 9.37 Å². The molecule has 3 aromatic heterocycles. The van der Waals surface area contributed by atoms with Crippen molar-refractivity contribution in [3.05, 3.63) is 89.3 Å². The lowest BCUT2D eigenvalue weighted by atomic mass is 10.0. The highest BCUT2D eigenvalue weighted by Gasteiger charge is 2.26. The zero-order valence-electron chi connectivity index (χ0n) is 19.8. The molecule has 5 aromatic rings. The van der Waals surface area contributed by atoms with Crippen molar-refractivity contribution >= 4 is 16.8 Å². The van der Waals surface area contributed by atoms with E-state index in [0.717, 1.165) is 63.3 Å². The van der Waals surface area contributed by atoms with E-state index in [-0.39, 0.29) is 5.82 Å². The van der Waals surface area contributed by atoms with Gasteiger partial charge >= 0.3 is 0 Å². The molecule has 1 fully saturated rings. The number of carbonyl (C=O) groups excluding carboxylic acids is 1. The number of nitrogens with zero attached hydrogens (tertiary/aromatic N) is 4.